The van der Waals surface area contributed by atoms with Crippen LogP contribution in [0.25, 0.3) is 0 Å². The molecule has 86 valence electrons. The van der Waals surface area contributed by atoms with E-state index in [9.17, 15) is 4.79 Å². The molecule has 0 bridgehead atoms. The highest BCUT2D eigenvalue weighted by Crippen LogP contribution is 2.19. The van der Waals surface area contributed by atoms with Gasteiger partial charge in [0.2, 0.25) is 5.91 Å². The van der Waals surface area contributed by atoms with Crippen molar-refractivity contribution in [3.63, 3.8) is 0 Å². The number of hydrogen-bond acceptors (Lipinski definition) is 3. The molecule has 0 spiro atoms. The van der Waals surface area contributed by atoms with Gasteiger partial charge in [0.05, 0.1) is 12.7 Å². The van der Waals surface area contributed by atoms with Gasteiger partial charge in [-0.1, -0.05) is 6.92 Å². The van der Waals surface area contributed by atoms with Crippen LogP contribution in [0.3, 0.4) is 0 Å². The van der Waals surface area contributed by atoms with E-state index in [2.05, 4.69) is 5.32 Å². The normalized spacial score (nSPS) is 16.2. The molecule has 0 aliphatic heterocycles. The largest absolute Gasteiger partial charge is 0.380 e. The van der Waals surface area contributed by atoms with Gasteiger partial charge in [-0.15, -0.1) is 0 Å². The third-order valence-corrected chi connectivity index (χ3v) is 2.40. The Labute approximate surface area is 91.6 Å². The lowest BCUT2D eigenvalue weighted by atomic mass is 9.88. The van der Waals surface area contributed by atoms with Crippen LogP contribution in [0.15, 0.2) is 0 Å². The summed E-state index contributed by atoms with van der Waals surface area (Å²) in [6.07, 6.45) is 0.511. The minimum Gasteiger partial charge on any atom is -0.380 e. The smallest absolute Gasteiger partial charge is 0.240 e. The molecule has 0 aromatic rings. The van der Waals surface area contributed by atoms with Crippen LogP contribution in [0.2, 0.25) is 0 Å². The van der Waals surface area contributed by atoms with E-state index in [1.54, 1.807) is 6.92 Å². The maximum absolute atomic E-state index is 11.7. The Kier molecular flexibility index (Phi) is 5.95. The molecule has 0 aromatic carbocycles. The summed E-state index contributed by atoms with van der Waals surface area (Å²) in [6.45, 7) is 8.35. The van der Waals surface area contributed by atoms with Gasteiger partial charge >= 0.3 is 0 Å². The van der Waals surface area contributed by atoms with Gasteiger partial charge in [-0.2, -0.15) is 5.26 Å². The first-order valence-corrected chi connectivity index (χ1v) is 5.30. The number of hydrogen-bond donors (Lipinski definition) is 1. The maximum Gasteiger partial charge on any atom is 0.240 e. The predicted molar refractivity (Wildman–Crippen MR) is 58.1 cm³/mol. The molecule has 2 unspecified atom stereocenters. The van der Waals surface area contributed by atoms with Crippen molar-refractivity contribution in [2.24, 2.45) is 5.41 Å². The fourth-order valence-electron chi connectivity index (χ4n) is 1.01. The van der Waals surface area contributed by atoms with E-state index in [1.165, 1.54) is 0 Å². The van der Waals surface area contributed by atoms with Crippen LogP contribution in [0.5, 0.6) is 0 Å². The molecule has 0 aromatic heterocycles. The number of carbonyl (C=O) groups is 1. The summed E-state index contributed by atoms with van der Waals surface area (Å²) in [7, 11) is 0. The van der Waals surface area contributed by atoms with E-state index in [0.717, 1.165) is 0 Å². The zero-order valence-electron chi connectivity index (χ0n) is 9.96. The lowest BCUT2D eigenvalue weighted by molar-refractivity contribution is -0.128. The molecule has 2 atom stereocenters. The van der Waals surface area contributed by atoms with Crippen LogP contribution in [-0.2, 0) is 9.53 Å². The molecule has 0 heterocycles. The lowest BCUT2D eigenvalue weighted by Gasteiger charge is -2.22. The van der Waals surface area contributed by atoms with Crippen molar-refractivity contribution in [2.75, 3.05) is 13.2 Å². The molecule has 0 aliphatic carbocycles. The topological polar surface area (TPSA) is 62.1 Å². The zero-order valence-corrected chi connectivity index (χ0v) is 9.96. The number of nitriles is 1. The standard InChI is InChI=1S/C11H20N2O2/c1-5-11(4,8-12)10(14)13-9(3)7-15-6-2/h9H,5-7H2,1-4H3,(H,13,14). The van der Waals surface area contributed by atoms with E-state index in [0.29, 0.717) is 19.6 Å². The number of ether oxygens (including phenoxy) is 1. The third-order valence-electron chi connectivity index (χ3n) is 2.40. The van der Waals surface area contributed by atoms with Crippen molar-refractivity contribution in [1.29, 1.82) is 5.26 Å². The van der Waals surface area contributed by atoms with Gasteiger partial charge in [0, 0.05) is 12.6 Å². The second kappa shape index (κ2) is 6.41. The molecule has 15 heavy (non-hydrogen) atoms. The molecule has 4 nitrogen and oxygen atoms in total. The number of amides is 1. The van der Waals surface area contributed by atoms with Crippen LogP contribution in [0.4, 0.5) is 0 Å². The van der Waals surface area contributed by atoms with Crippen molar-refractivity contribution in [1.82, 2.24) is 5.32 Å². The summed E-state index contributed by atoms with van der Waals surface area (Å²) in [6, 6.07) is 1.98. The first-order chi connectivity index (χ1) is 7.00. The highest BCUT2D eigenvalue weighted by Gasteiger charge is 2.31. The van der Waals surface area contributed by atoms with Crippen molar-refractivity contribution in [3.05, 3.63) is 0 Å². The van der Waals surface area contributed by atoms with Gasteiger partial charge in [-0.05, 0) is 27.2 Å². The summed E-state index contributed by atoms with van der Waals surface area (Å²) in [5, 5.41) is 11.7. The monoisotopic (exact) mass is 212 g/mol. The number of nitrogens with one attached hydrogen (secondary N) is 1. The van der Waals surface area contributed by atoms with Gasteiger partial charge in [0.15, 0.2) is 0 Å². The predicted octanol–water partition coefficient (Wildman–Crippen LogP) is 1.47. The Morgan fingerprint density at radius 3 is 2.60 bits per heavy atom. The van der Waals surface area contributed by atoms with E-state index < -0.39 is 5.41 Å². The SMILES string of the molecule is CCOCC(C)NC(=O)C(C)(C#N)CC. The maximum atomic E-state index is 11.7. The average Bonchev–Trinajstić information content (AvgIpc) is 2.24. The highest BCUT2D eigenvalue weighted by molar-refractivity contribution is 5.85. The molecule has 4 heteroatoms. The lowest BCUT2D eigenvalue weighted by Crippen LogP contribution is -2.44. The molecule has 0 saturated carbocycles. The van der Waals surface area contributed by atoms with Crippen molar-refractivity contribution in [3.8, 4) is 6.07 Å². The summed E-state index contributed by atoms with van der Waals surface area (Å²) in [5.74, 6) is -0.222. The number of nitrogens with zero attached hydrogens (tertiary/aromatic N) is 1. The van der Waals surface area contributed by atoms with Gasteiger partial charge in [0.1, 0.15) is 5.41 Å². The van der Waals surface area contributed by atoms with Gasteiger partial charge < -0.3 is 10.1 Å². The second-order valence-electron chi connectivity index (χ2n) is 3.83. The molecular weight excluding hydrogens is 192 g/mol. The minimum absolute atomic E-state index is 0.0586. The van der Waals surface area contributed by atoms with E-state index in [4.69, 9.17) is 10.00 Å². The fraction of sp³-hybridized carbons (Fsp3) is 0.818. The summed E-state index contributed by atoms with van der Waals surface area (Å²) < 4.78 is 5.18. The Bertz CT molecular complexity index is 247. The number of carbonyl (C=O) groups excluding carboxylic acids is 1. The van der Waals surface area contributed by atoms with Gasteiger partial charge in [-0.3, -0.25) is 4.79 Å². The molecule has 1 N–H and O–H groups in total. The first-order valence-electron chi connectivity index (χ1n) is 5.30. The Hall–Kier alpha value is -1.08. The van der Waals surface area contributed by atoms with E-state index >= 15 is 0 Å². The van der Waals surface area contributed by atoms with Crippen molar-refractivity contribution in [2.45, 2.75) is 40.2 Å². The van der Waals surface area contributed by atoms with E-state index in [1.807, 2.05) is 26.8 Å². The average molecular weight is 212 g/mol. The minimum atomic E-state index is -0.930. The first kappa shape index (κ1) is 13.9. The van der Waals surface area contributed by atoms with Crippen LogP contribution in [0.1, 0.15) is 34.1 Å². The molecule has 0 radical (unpaired) electrons. The molecule has 0 rings (SSSR count). The van der Waals surface area contributed by atoms with Crippen molar-refractivity contribution >= 4 is 5.91 Å². The quantitative estimate of drug-likeness (QED) is 0.725. The molecule has 0 saturated heterocycles. The summed E-state index contributed by atoms with van der Waals surface area (Å²) >= 11 is 0. The molecular formula is C11H20N2O2. The second-order valence-corrected chi connectivity index (χ2v) is 3.83. The van der Waals surface area contributed by atoms with Crippen LogP contribution >= 0.6 is 0 Å². The molecule has 0 aliphatic rings. The van der Waals surface area contributed by atoms with Crippen LogP contribution in [-0.4, -0.2) is 25.2 Å². The summed E-state index contributed by atoms with van der Waals surface area (Å²) in [5.41, 5.74) is -0.930. The Balaban J connectivity index is 4.18. The van der Waals surface area contributed by atoms with Gasteiger partial charge in [-0.25, -0.2) is 0 Å². The molecule has 0 fully saturated rings. The Morgan fingerprint density at radius 2 is 2.20 bits per heavy atom. The van der Waals surface area contributed by atoms with Crippen molar-refractivity contribution < 1.29 is 9.53 Å². The molecule has 1 amide bonds. The summed E-state index contributed by atoms with van der Waals surface area (Å²) in [4.78, 5) is 11.7. The highest BCUT2D eigenvalue weighted by atomic mass is 16.5. The van der Waals surface area contributed by atoms with Crippen LogP contribution in [0, 0.1) is 16.7 Å². The third kappa shape index (κ3) is 4.30. The Morgan fingerprint density at radius 1 is 1.60 bits per heavy atom. The number of rotatable bonds is 6. The van der Waals surface area contributed by atoms with Gasteiger partial charge in [0.25, 0.3) is 0 Å². The zero-order chi connectivity index (χ0) is 11.9. The fourth-order valence-corrected chi connectivity index (χ4v) is 1.01. The van der Waals surface area contributed by atoms with E-state index in [-0.39, 0.29) is 11.9 Å². The van der Waals surface area contributed by atoms with Crippen LogP contribution < -0.4 is 5.32 Å².